The Bertz CT molecular complexity index is 293. The Morgan fingerprint density at radius 1 is 0.692 bits per heavy atom. The first-order chi connectivity index (χ1) is 12.8. The lowest BCUT2D eigenvalue weighted by atomic mass is 10.1. The maximum Gasteiger partial charge on any atom is 0.220 e. The lowest BCUT2D eigenvalue weighted by Crippen LogP contribution is -2.27. The predicted octanol–water partition coefficient (Wildman–Crippen LogP) is 1.75. The number of methoxy groups -OCH3 is 1. The van der Waals surface area contributed by atoms with Crippen LogP contribution in [0.15, 0.2) is 0 Å². The third-order valence-electron chi connectivity index (χ3n) is 3.81. The van der Waals surface area contributed by atoms with E-state index in [1.54, 1.807) is 7.11 Å². The van der Waals surface area contributed by atoms with Crippen LogP contribution in [0.3, 0.4) is 0 Å². The molecule has 0 saturated heterocycles. The van der Waals surface area contributed by atoms with Crippen LogP contribution in [0.2, 0.25) is 0 Å². The number of hydrogen-bond acceptors (Lipinski definition) is 6. The van der Waals surface area contributed by atoms with Gasteiger partial charge in [-0.2, -0.15) is 0 Å². The number of ether oxygens (including phenoxy) is 4. The van der Waals surface area contributed by atoms with Crippen LogP contribution in [0.25, 0.3) is 0 Å². The van der Waals surface area contributed by atoms with Gasteiger partial charge in [-0.3, -0.25) is 4.79 Å². The smallest absolute Gasteiger partial charge is 0.220 e. The molecule has 0 spiro atoms. The van der Waals surface area contributed by atoms with E-state index in [2.05, 4.69) is 10.6 Å². The zero-order chi connectivity index (χ0) is 19.1. The number of rotatable bonds is 21. The minimum Gasteiger partial charge on any atom is -0.385 e. The van der Waals surface area contributed by atoms with Crippen molar-refractivity contribution in [3.05, 3.63) is 0 Å². The van der Waals surface area contributed by atoms with Gasteiger partial charge in [0.15, 0.2) is 0 Å². The lowest BCUT2D eigenvalue weighted by Gasteiger charge is -2.08. The van der Waals surface area contributed by atoms with Gasteiger partial charge >= 0.3 is 0 Å². The SMILES string of the molecule is CNCCOCCOCCOCCNC(=O)CCCCCCCCOC. The Kier molecular flexibility index (Phi) is 21.7. The highest BCUT2D eigenvalue weighted by Gasteiger charge is 2.00. The van der Waals surface area contributed by atoms with Gasteiger partial charge in [-0.25, -0.2) is 0 Å². The van der Waals surface area contributed by atoms with Crippen molar-refractivity contribution in [1.82, 2.24) is 10.6 Å². The highest BCUT2D eigenvalue weighted by atomic mass is 16.5. The molecule has 0 radical (unpaired) electrons. The maximum atomic E-state index is 11.7. The first kappa shape index (κ1) is 25.3. The lowest BCUT2D eigenvalue weighted by molar-refractivity contribution is -0.121. The van der Waals surface area contributed by atoms with E-state index < -0.39 is 0 Å². The van der Waals surface area contributed by atoms with Gasteiger partial charge in [0.1, 0.15) is 0 Å². The second kappa shape index (κ2) is 22.3. The van der Waals surface area contributed by atoms with Crippen LogP contribution >= 0.6 is 0 Å². The van der Waals surface area contributed by atoms with Crippen molar-refractivity contribution in [2.45, 2.75) is 44.9 Å². The van der Waals surface area contributed by atoms with E-state index in [1.165, 1.54) is 19.3 Å². The number of nitrogens with one attached hydrogen (secondary N) is 2. The average Bonchev–Trinajstić information content (AvgIpc) is 2.65. The summed E-state index contributed by atoms with van der Waals surface area (Å²) in [6.07, 6.45) is 7.45. The van der Waals surface area contributed by atoms with E-state index in [0.717, 1.165) is 32.4 Å². The molecule has 0 rings (SSSR count). The molecule has 0 aliphatic rings. The molecule has 7 nitrogen and oxygen atoms in total. The molecule has 0 bridgehead atoms. The summed E-state index contributed by atoms with van der Waals surface area (Å²) in [6, 6.07) is 0. The Hall–Kier alpha value is -0.730. The average molecular weight is 377 g/mol. The summed E-state index contributed by atoms with van der Waals surface area (Å²) < 4.78 is 21.2. The van der Waals surface area contributed by atoms with Gasteiger partial charge in [0.25, 0.3) is 0 Å². The summed E-state index contributed by atoms with van der Waals surface area (Å²) in [5.74, 6) is 0.114. The molecule has 0 saturated carbocycles. The van der Waals surface area contributed by atoms with E-state index in [0.29, 0.717) is 52.6 Å². The molecule has 0 aromatic rings. The van der Waals surface area contributed by atoms with Gasteiger partial charge in [0, 0.05) is 33.2 Å². The van der Waals surface area contributed by atoms with Crippen molar-refractivity contribution in [2.24, 2.45) is 0 Å². The second-order valence-electron chi connectivity index (χ2n) is 6.15. The fourth-order valence-corrected chi connectivity index (χ4v) is 2.31. The molecule has 0 atom stereocenters. The van der Waals surface area contributed by atoms with Gasteiger partial charge < -0.3 is 29.6 Å². The molecule has 0 aliphatic carbocycles. The van der Waals surface area contributed by atoms with Crippen LogP contribution in [0.4, 0.5) is 0 Å². The molecule has 156 valence electrons. The summed E-state index contributed by atoms with van der Waals surface area (Å²) >= 11 is 0. The van der Waals surface area contributed by atoms with Crippen molar-refractivity contribution in [3.8, 4) is 0 Å². The normalized spacial score (nSPS) is 11.0. The summed E-state index contributed by atoms with van der Waals surface area (Å²) in [7, 11) is 3.63. The zero-order valence-corrected chi connectivity index (χ0v) is 16.9. The first-order valence-electron chi connectivity index (χ1n) is 9.94. The summed E-state index contributed by atoms with van der Waals surface area (Å²) in [4.78, 5) is 11.7. The number of carbonyl (C=O) groups is 1. The topological polar surface area (TPSA) is 78.0 Å². The Balaban J connectivity index is 3.13. The molecule has 26 heavy (non-hydrogen) atoms. The Morgan fingerprint density at radius 3 is 1.85 bits per heavy atom. The van der Waals surface area contributed by atoms with E-state index in [4.69, 9.17) is 18.9 Å². The van der Waals surface area contributed by atoms with Crippen LogP contribution in [-0.2, 0) is 23.7 Å². The Labute approximate surface area is 159 Å². The molecule has 0 aromatic carbocycles. The summed E-state index contributed by atoms with van der Waals surface area (Å²) in [5, 5.41) is 5.90. The van der Waals surface area contributed by atoms with E-state index in [1.807, 2.05) is 7.05 Å². The predicted molar refractivity (Wildman–Crippen MR) is 104 cm³/mol. The molecule has 0 heterocycles. The van der Waals surface area contributed by atoms with Gasteiger partial charge in [0.05, 0.1) is 39.6 Å². The van der Waals surface area contributed by atoms with E-state index in [-0.39, 0.29) is 5.91 Å². The van der Waals surface area contributed by atoms with Crippen molar-refractivity contribution >= 4 is 5.91 Å². The fourth-order valence-electron chi connectivity index (χ4n) is 2.31. The summed E-state index contributed by atoms with van der Waals surface area (Å²) in [5.41, 5.74) is 0. The number of hydrogen-bond donors (Lipinski definition) is 2. The largest absolute Gasteiger partial charge is 0.385 e. The number of amides is 1. The van der Waals surface area contributed by atoms with Crippen molar-refractivity contribution in [2.75, 3.05) is 73.5 Å². The van der Waals surface area contributed by atoms with Crippen LogP contribution < -0.4 is 10.6 Å². The number of likely N-dealkylation sites (N-methyl/N-ethyl adjacent to an activating group) is 1. The molecule has 0 aromatic heterocycles. The number of unbranched alkanes of at least 4 members (excludes halogenated alkanes) is 5. The standard InChI is InChI=1S/C19H40N2O5/c1-20-10-13-24-15-17-26-18-16-25-14-11-21-19(22)9-7-5-3-4-6-8-12-23-2/h20H,3-18H2,1-2H3,(H,21,22). The third-order valence-corrected chi connectivity index (χ3v) is 3.81. The molecule has 0 aliphatic heterocycles. The molecular formula is C19H40N2O5. The third kappa shape index (κ3) is 21.3. The molecule has 0 unspecified atom stereocenters. The van der Waals surface area contributed by atoms with Crippen LogP contribution in [0.5, 0.6) is 0 Å². The molecule has 0 fully saturated rings. The van der Waals surface area contributed by atoms with E-state index >= 15 is 0 Å². The van der Waals surface area contributed by atoms with Crippen molar-refractivity contribution in [3.63, 3.8) is 0 Å². The maximum absolute atomic E-state index is 11.7. The minimum absolute atomic E-state index is 0.114. The van der Waals surface area contributed by atoms with Gasteiger partial charge in [0.2, 0.25) is 5.91 Å². The quantitative estimate of drug-likeness (QED) is 0.297. The van der Waals surface area contributed by atoms with Crippen molar-refractivity contribution in [1.29, 1.82) is 0 Å². The van der Waals surface area contributed by atoms with Gasteiger partial charge in [-0.15, -0.1) is 0 Å². The Morgan fingerprint density at radius 2 is 1.23 bits per heavy atom. The minimum atomic E-state index is 0.114. The van der Waals surface area contributed by atoms with Gasteiger partial charge in [-0.05, 0) is 19.9 Å². The number of carbonyl (C=O) groups excluding carboxylic acids is 1. The molecule has 1 amide bonds. The van der Waals surface area contributed by atoms with Crippen LogP contribution in [-0.4, -0.2) is 79.4 Å². The zero-order valence-electron chi connectivity index (χ0n) is 16.9. The second-order valence-corrected chi connectivity index (χ2v) is 6.15. The highest BCUT2D eigenvalue weighted by Crippen LogP contribution is 2.07. The molecule has 7 heteroatoms. The monoisotopic (exact) mass is 376 g/mol. The summed E-state index contributed by atoms with van der Waals surface area (Å²) in [6.45, 7) is 5.75. The molecular weight excluding hydrogens is 336 g/mol. The highest BCUT2D eigenvalue weighted by molar-refractivity contribution is 5.75. The fraction of sp³-hybridized carbons (Fsp3) is 0.947. The van der Waals surface area contributed by atoms with Crippen LogP contribution in [0.1, 0.15) is 44.9 Å². The van der Waals surface area contributed by atoms with Gasteiger partial charge in [-0.1, -0.05) is 25.7 Å². The van der Waals surface area contributed by atoms with Crippen molar-refractivity contribution < 1.29 is 23.7 Å². The first-order valence-corrected chi connectivity index (χ1v) is 9.94. The van der Waals surface area contributed by atoms with E-state index in [9.17, 15) is 4.79 Å². The van der Waals surface area contributed by atoms with Crippen LogP contribution in [0, 0.1) is 0 Å². The molecule has 2 N–H and O–H groups in total.